The van der Waals surface area contributed by atoms with Gasteiger partial charge in [-0.25, -0.2) is 8.42 Å². The average molecular weight is 293 g/mol. The largest absolute Gasteiger partial charge is 0.481 e. The quantitative estimate of drug-likeness (QED) is 0.805. The molecule has 1 heterocycles. The Hall–Kier alpha value is -1.51. The number of para-hydroxylation sites is 1. The van der Waals surface area contributed by atoms with Gasteiger partial charge in [0.05, 0.1) is 11.0 Å². The van der Waals surface area contributed by atoms with Crippen molar-refractivity contribution in [1.29, 1.82) is 0 Å². The molecule has 1 N–H and O–H groups in total. The van der Waals surface area contributed by atoms with Crippen molar-refractivity contribution in [2.24, 2.45) is 0 Å². The van der Waals surface area contributed by atoms with Crippen molar-refractivity contribution in [3.05, 3.63) is 29.8 Å². The Balaban J connectivity index is 1.90. The van der Waals surface area contributed by atoms with Crippen LogP contribution in [0.3, 0.4) is 0 Å². The number of nitrogens with one attached hydrogen (secondary N) is 1. The van der Waals surface area contributed by atoms with Crippen molar-refractivity contribution < 1.29 is 13.2 Å². The Labute approximate surface area is 120 Å². The Kier molecular flexibility index (Phi) is 5.05. The summed E-state index contributed by atoms with van der Waals surface area (Å²) in [6, 6.07) is 7.62. The summed E-state index contributed by atoms with van der Waals surface area (Å²) in [6.45, 7) is 1.30. The molecule has 20 heavy (non-hydrogen) atoms. The van der Waals surface area contributed by atoms with Crippen molar-refractivity contribution in [2.75, 3.05) is 18.9 Å². The molecule has 1 atom stereocenters. The Morgan fingerprint density at radius 2 is 2.20 bits per heavy atom. The lowest BCUT2D eigenvalue weighted by Crippen LogP contribution is -2.30. The number of sulfone groups is 1. The van der Waals surface area contributed by atoms with E-state index in [1.165, 1.54) is 0 Å². The summed E-state index contributed by atoms with van der Waals surface area (Å²) in [7, 11) is -2.89. The van der Waals surface area contributed by atoms with Gasteiger partial charge in [-0.2, -0.15) is 0 Å². The van der Waals surface area contributed by atoms with E-state index in [2.05, 4.69) is 11.2 Å². The van der Waals surface area contributed by atoms with E-state index in [1.54, 1.807) is 0 Å². The molecule has 0 amide bonds. The van der Waals surface area contributed by atoms with Gasteiger partial charge >= 0.3 is 0 Å². The number of hydrogen-bond donors (Lipinski definition) is 1. The van der Waals surface area contributed by atoms with Crippen LogP contribution in [0.2, 0.25) is 0 Å². The molecule has 0 aliphatic carbocycles. The van der Waals surface area contributed by atoms with Gasteiger partial charge in [0, 0.05) is 18.7 Å². The molecule has 1 aromatic rings. The molecule has 0 aromatic heterocycles. The summed E-state index contributed by atoms with van der Waals surface area (Å²) in [6.07, 6.45) is 6.71. The van der Waals surface area contributed by atoms with Gasteiger partial charge in [0.2, 0.25) is 0 Å². The van der Waals surface area contributed by atoms with E-state index in [0.29, 0.717) is 18.8 Å². The molecule has 0 radical (unpaired) electrons. The molecule has 2 rings (SSSR count). The van der Waals surface area contributed by atoms with Crippen LogP contribution in [-0.4, -0.2) is 32.6 Å². The maximum absolute atomic E-state index is 11.7. The SMILES string of the molecule is C#CCOc1ccccc1CNCC1CCCS1(=O)=O. The lowest BCUT2D eigenvalue weighted by Gasteiger charge is -2.13. The molecule has 1 aliphatic heterocycles. The molecule has 1 aromatic carbocycles. The molecule has 1 aliphatic rings. The summed E-state index contributed by atoms with van der Waals surface area (Å²) in [5, 5.41) is 2.96. The van der Waals surface area contributed by atoms with Crippen LogP contribution in [0.15, 0.2) is 24.3 Å². The van der Waals surface area contributed by atoms with Crippen LogP contribution in [0.1, 0.15) is 18.4 Å². The highest BCUT2D eigenvalue weighted by atomic mass is 32.2. The maximum atomic E-state index is 11.7. The van der Waals surface area contributed by atoms with Crippen molar-refractivity contribution in [3.63, 3.8) is 0 Å². The fraction of sp³-hybridized carbons (Fsp3) is 0.467. The maximum Gasteiger partial charge on any atom is 0.154 e. The fourth-order valence-corrected chi connectivity index (χ4v) is 4.17. The second-order valence-electron chi connectivity index (χ2n) is 4.86. The lowest BCUT2D eigenvalue weighted by atomic mass is 10.2. The first-order valence-corrected chi connectivity index (χ1v) is 8.41. The zero-order chi connectivity index (χ0) is 14.4. The van der Waals surface area contributed by atoms with Crippen LogP contribution < -0.4 is 10.1 Å². The van der Waals surface area contributed by atoms with Crippen molar-refractivity contribution in [1.82, 2.24) is 5.32 Å². The van der Waals surface area contributed by atoms with Gasteiger partial charge in [-0.3, -0.25) is 0 Å². The number of benzene rings is 1. The van der Waals surface area contributed by atoms with Crippen LogP contribution in [0.25, 0.3) is 0 Å². The van der Waals surface area contributed by atoms with Crippen molar-refractivity contribution in [2.45, 2.75) is 24.6 Å². The van der Waals surface area contributed by atoms with Gasteiger partial charge in [0.15, 0.2) is 9.84 Å². The molecule has 108 valence electrons. The summed E-state index contributed by atoms with van der Waals surface area (Å²) in [5.41, 5.74) is 0.984. The standard InChI is InChI=1S/C15H19NO3S/c1-2-9-19-15-8-4-3-6-13(15)11-16-12-14-7-5-10-20(14,17)18/h1,3-4,6,8,14,16H,5,7,9-12H2. The third kappa shape index (κ3) is 3.75. The lowest BCUT2D eigenvalue weighted by molar-refractivity contribution is 0.365. The van der Waals surface area contributed by atoms with Crippen LogP contribution in [0.5, 0.6) is 5.75 Å². The molecule has 1 fully saturated rings. The first-order chi connectivity index (χ1) is 9.63. The van der Waals surface area contributed by atoms with Crippen LogP contribution in [-0.2, 0) is 16.4 Å². The van der Waals surface area contributed by atoms with Crippen molar-refractivity contribution in [3.8, 4) is 18.1 Å². The average Bonchev–Trinajstić information content (AvgIpc) is 2.77. The monoisotopic (exact) mass is 293 g/mol. The number of ether oxygens (including phenoxy) is 1. The molecular formula is C15H19NO3S. The predicted molar refractivity (Wildman–Crippen MR) is 79.3 cm³/mol. The first kappa shape index (κ1) is 14.9. The van der Waals surface area contributed by atoms with E-state index in [4.69, 9.17) is 11.2 Å². The minimum absolute atomic E-state index is 0.230. The van der Waals surface area contributed by atoms with Gasteiger partial charge < -0.3 is 10.1 Å². The molecule has 1 saturated heterocycles. The van der Waals surface area contributed by atoms with Gasteiger partial charge in [-0.15, -0.1) is 6.42 Å². The summed E-state index contributed by atoms with van der Waals surface area (Å²) < 4.78 is 28.9. The third-order valence-corrected chi connectivity index (χ3v) is 5.71. The minimum Gasteiger partial charge on any atom is -0.481 e. The van der Waals surface area contributed by atoms with E-state index in [0.717, 1.165) is 24.2 Å². The van der Waals surface area contributed by atoms with Gasteiger partial charge in [-0.1, -0.05) is 24.1 Å². The zero-order valence-corrected chi connectivity index (χ0v) is 12.2. The molecule has 0 bridgehead atoms. The zero-order valence-electron chi connectivity index (χ0n) is 11.3. The van der Waals surface area contributed by atoms with Gasteiger partial charge in [0.1, 0.15) is 12.4 Å². The molecular weight excluding hydrogens is 274 g/mol. The fourth-order valence-electron chi connectivity index (χ4n) is 2.37. The Bertz CT molecular complexity index is 589. The van der Waals surface area contributed by atoms with E-state index < -0.39 is 9.84 Å². The number of terminal acetylenes is 1. The summed E-state index contributed by atoms with van der Waals surface area (Å²) in [5.74, 6) is 3.50. The van der Waals surface area contributed by atoms with E-state index in [-0.39, 0.29) is 11.9 Å². The second kappa shape index (κ2) is 6.78. The molecule has 4 nitrogen and oxygen atoms in total. The minimum atomic E-state index is -2.89. The number of rotatable bonds is 6. The Morgan fingerprint density at radius 1 is 1.40 bits per heavy atom. The topological polar surface area (TPSA) is 55.4 Å². The summed E-state index contributed by atoms with van der Waals surface area (Å²) >= 11 is 0. The first-order valence-electron chi connectivity index (χ1n) is 6.70. The van der Waals surface area contributed by atoms with Crippen molar-refractivity contribution >= 4 is 9.84 Å². The van der Waals surface area contributed by atoms with E-state index >= 15 is 0 Å². The molecule has 5 heteroatoms. The highest BCUT2D eigenvalue weighted by Gasteiger charge is 2.30. The highest BCUT2D eigenvalue weighted by molar-refractivity contribution is 7.92. The predicted octanol–water partition coefficient (Wildman–Crippen LogP) is 1.37. The Morgan fingerprint density at radius 3 is 2.90 bits per heavy atom. The van der Waals surface area contributed by atoms with Crippen LogP contribution >= 0.6 is 0 Å². The third-order valence-electron chi connectivity index (χ3n) is 3.43. The van der Waals surface area contributed by atoms with E-state index in [9.17, 15) is 8.42 Å². The molecule has 0 spiro atoms. The van der Waals surface area contributed by atoms with Gasteiger partial charge in [0.25, 0.3) is 0 Å². The van der Waals surface area contributed by atoms with Crippen LogP contribution in [0.4, 0.5) is 0 Å². The van der Waals surface area contributed by atoms with Crippen LogP contribution in [0, 0.1) is 12.3 Å². The number of hydrogen-bond acceptors (Lipinski definition) is 4. The smallest absolute Gasteiger partial charge is 0.154 e. The summed E-state index contributed by atoms with van der Waals surface area (Å²) in [4.78, 5) is 0. The normalized spacial score (nSPS) is 20.4. The molecule has 1 unspecified atom stereocenters. The van der Waals surface area contributed by atoms with Gasteiger partial charge in [-0.05, 0) is 18.9 Å². The highest BCUT2D eigenvalue weighted by Crippen LogP contribution is 2.20. The van der Waals surface area contributed by atoms with E-state index in [1.807, 2.05) is 24.3 Å². The molecule has 0 saturated carbocycles. The second-order valence-corrected chi connectivity index (χ2v) is 7.26.